The molecule has 1 aliphatic heterocycles. The maximum atomic E-state index is 13.1. The standard InChI is InChI=1S/C26H35FN2O2/c1-19(2)15-23-16-22(26(30)29-13-11-28(12-14-29)17-20(3)4)7-10-25(23)31-18-21-5-8-24(27)9-6-21/h5-10,16,19-20H,11-15,17-18H2,1-4H3. The lowest BCUT2D eigenvalue weighted by molar-refractivity contribution is 0.0623. The topological polar surface area (TPSA) is 32.8 Å². The molecular weight excluding hydrogens is 391 g/mol. The quantitative estimate of drug-likeness (QED) is 0.594. The van der Waals surface area contributed by atoms with Crippen molar-refractivity contribution in [2.24, 2.45) is 11.8 Å². The van der Waals surface area contributed by atoms with Gasteiger partial charge in [0, 0.05) is 38.3 Å². The van der Waals surface area contributed by atoms with Gasteiger partial charge in [0.25, 0.3) is 5.91 Å². The summed E-state index contributed by atoms with van der Waals surface area (Å²) in [6.07, 6.45) is 0.835. The molecule has 0 atom stereocenters. The third-order valence-electron chi connectivity index (χ3n) is 5.53. The van der Waals surface area contributed by atoms with Crippen LogP contribution in [0.25, 0.3) is 0 Å². The zero-order valence-electron chi connectivity index (χ0n) is 19.2. The van der Waals surface area contributed by atoms with E-state index in [0.717, 1.165) is 61.6 Å². The number of rotatable bonds is 8. The molecule has 2 aromatic carbocycles. The van der Waals surface area contributed by atoms with Crippen molar-refractivity contribution < 1.29 is 13.9 Å². The molecule has 2 aromatic rings. The minimum absolute atomic E-state index is 0.0966. The Balaban J connectivity index is 1.68. The van der Waals surface area contributed by atoms with Crippen LogP contribution in [0, 0.1) is 17.7 Å². The Hall–Kier alpha value is -2.40. The van der Waals surface area contributed by atoms with Crippen molar-refractivity contribution in [1.29, 1.82) is 0 Å². The Morgan fingerprint density at radius 1 is 0.968 bits per heavy atom. The van der Waals surface area contributed by atoms with Gasteiger partial charge in [-0.15, -0.1) is 0 Å². The molecule has 0 unspecified atom stereocenters. The molecule has 0 bridgehead atoms. The predicted octanol–water partition coefficient (Wildman–Crippen LogP) is 5.02. The van der Waals surface area contributed by atoms with Crippen LogP contribution in [0.4, 0.5) is 4.39 Å². The maximum absolute atomic E-state index is 13.1. The van der Waals surface area contributed by atoms with Crippen LogP contribution in [0.3, 0.4) is 0 Å². The summed E-state index contributed by atoms with van der Waals surface area (Å²) in [5.41, 5.74) is 2.68. The fourth-order valence-corrected chi connectivity index (χ4v) is 4.03. The minimum Gasteiger partial charge on any atom is -0.489 e. The monoisotopic (exact) mass is 426 g/mol. The number of halogens is 1. The van der Waals surface area contributed by atoms with Gasteiger partial charge in [0.1, 0.15) is 18.2 Å². The summed E-state index contributed by atoms with van der Waals surface area (Å²) in [5, 5.41) is 0. The zero-order valence-corrected chi connectivity index (χ0v) is 19.2. The summed E-state index contributed by atoms with van der Waals surface area (Å²) in [7, 11) is 0. The highest BCUT2D eigenvalue weighted by Gasteiger charge is 2.23. The van der Waals surface area contributed by atoms with Crippen LogP contribution < -0.4 is 4.74 Å². The van der Waals surface area contributed by atoms with E-state index in [1.165, 1.54) is 12.1 Å². The Morgan fingerprint density at radius 2 is 1.65 bits per heavy atom. The van der Waals surface area contributed by atoms with Crippen molar-refractivity contribution in [1.82, 2.24) is 9.80 Å². The molecule has 1 heterocycles. The van der Waals surface area contributed by atoms with E-state index >= 15 is 0 Å². The van der Waals surface area contributed by atoms with Crippen LogP contribution in [-0.2, 0) is 13.0 Å². The highest BCUT2D eigenvalue weighted by atomic mass is 19.1. The SMILES string of the molecule is CC(C)Cc1cc(C(=O)N2CCN(CC(C)C)CC2)ccc1OCc1ccc(F)cc1. The van der Waals surface area contributed by atoms with Gasteiger partial charge in [-0.3, -0.25) is 9.69 Å². The molecule has 0 aromatic heterocycles. The Labute approximate surface area is 186 Å². The zero-order chi connectivity index (χ0) is 22.4. The number of benzene rings is 2. The fourth-order valence-electron chi connectivity index (χ4n) is 4.03. The van der Waals surface area contributed by atoms with Crippen LogP contribution >= 0.6 is 0 Å². The van der Waals surface area contributed by atoms with E-state index in [1.807, 2.05) is 23.1 Å². The number of hydrogen-bond acceptors (Lipinski definition) is 3. The smallest absolute Gasteiger partial charge is 0.253 e. The first-order valence-corrected chi connectivity index (χ1v) is 11.3. The molecule has 0 N–H and O–H groups in total. The van der Waals surface area contributed by atoms with Crippen LogP contribution in [0.1, 0.15) is 49.2 Å². The minimum atomic E-state index is -0.253. The van der Waals surface area contributed by atoms with Crippen LogP contribution in [0.5, 0.6) is 5.75 Å². The van der Waals surface area contributed by atoms with Crippen LogP contribution in [0.2, 0.25) is 0 Å². The van der Waals surface area contributed by atoms with Gasteiger partial charge in [-0.25, -0.2) is 4.39 Å². The third-order valence-corrected chi connectivity index (χ3v) is 5.53. The highest BCUT2D eigenvalue weighted by molar-refractivity contribution is 5.94. The summed E-state index contributed by atoms with van der Waals surface area (Å²) in [4.78, 5) is 17.5. The molecular formula is C26H35FN2O2. The first-order chi connectivity index (χ1) is 14.8. The number of hydrogen-bond donors (Lipinski definition) is 0. The number of carbonyl (C=O) groups is 1. The van der Waals surface area contributed by atoms with Gasteiger partial charge < -0.3 is 9.64 Å². The third kappa shape index (κ3) is 6.79. The largest absolute Gasteiger partial charge is 0.489 e. The van der Waals surface area contributed by atoms with Crippen molar-refractivity contribution in [3.05, 3.63) is 65.0 Å². The van der Waals surface area contributed by atoms with Crippen molar-refractivity contribution in [2.75, 3.05) is 32.7 Å². The summed E-state index contributed by atoms with van der Waals surface area (Å²) >= 11 is 0. The fraction of sp³-hybridized carbons (Fsp3) is 0.500. The van der Waals surface area contributed by atoms with Gasteiger partial charge in [0.15, 0.2) is 0 Å². The van der Waals surface area contributed by atoms with Crippen LogP contribution in [0.15, 0.2) is 42.5 Å². The molecule has 1 saturated heterocycles. The second kappa shape index (κ2) is 10.8. The molecule has 1 amide bonds. The number of ether oxygens (including phenoxy) is 1. The summed E-state index contributed by atoms with van der Waals surface area (Å²) < 4.78 is 19.2. The number of piperazine rings is 1. The van der Waals surface area contributed by atoms with Gasteiger partial charge in [-0.1, -0.05) is 39.8 Å². The average molecular weight is 427 g/mol. The van der Waals surface area contributed by atoms with E-state index in [9.17, 15) is 9.18 Å². The van der Waals surface area contributed by atoms with Gasteiger partial charge >= 0.3 is 0 Å². The highest BCUT2D eigenvalue weighted by Crippen LogP contribution is 2.25. The number of nitrogens with zero attached hydrogens (tertiary/aromatic N) is 2. The second-order valence-electron chi connectivity index (χ2n) is 9.32. The molecule has 0 saturated carbocycles. The summed E-state index contributed by atoms with van der Waals surface area (Å²) in [6.45, 7) is 13.6. The van der Waals surface area contributed by atoms with Gasteiger partial charge in [0.2, 0.25) is 0 Å². The van der Waals surface area contributed by atoms with Crippen LogP contribution in [-0.4, -0.2) is 48.4 Å². The Kier molecular flexibility index (Phi) is 8.08. The molecule has 1 fully saturated rings. The lowest BCUT2D eigenvalue weighted by Gasteiger charge is -2.35. The predicted molar refractivity (Wildman–Crippen MR) is 123 cm³/mol. The van der Waals surface area contributed by atoms with E-state index in [4.69, 9.17) is 4.74 Å². The van der Waals surface area contributed by atoms with Gasteiger partial charge in [0.05, 0.1) is 0 Å². The Morgan fingerprint density at radius 3 is 2.26 bits per heavy atom. The average Bonchev–Trinajstić information content (AvgIpc) is 2.73. The molecule has 0 radical (unpaired) electrons. The summed E-state index contributed by atoms with van der Waals surface area (Å²) in [6, 6.07) is 12.1. The molecule has 4 nitrogen and oxygen atoms in total. The number of carbonyl (C=O) groups excluding carboxylic acids is 1. The summed E-state index contributed by atoms with van der Waals surface area (Å²) in [5.74, 6) is 1.72. The van der Waals surface area contributed by atoms with Gasteiger partial charge in [-0.05, 0) is 59.7 Å². The van der Waals surface area contributed by atoms with E-state index in [2.05, 4.69) is 32.6 Å². The van der Waals surface area contributed by atoms with Crippen molar-refractivity contribution in [3.63, 3.8) is 0 Å². The maximum Gasteiger partial charge on any atom is 0.253 e. The van der Waals surface area contributed by atoms with E-state index in [-0.39, 0.29) is 11.7 Å². The molecule has 1 aliphatic rings. The molecule has 5 heteroatoms. The number of amides is 1. The normalized spacial score (nSPS) is 15.0. The molecule has 3 rings (SSSR count). The molecule has 0 spiro atoms. The Bertz CT molecular complexity index is 856. The first-order valence-electron chi connectivity index (χ1n) is 11.3. The molecule has 168 valence electrons. The van der Waals surface area contributed by atoms with E-state index in [1.54, 1.807) is 12.1 Å². The van der Waals surface area contributed by atoms with Gasteiger partial charge in [-0.2, -0.15) is 0 Å². The van der Waals surface area contributed by atoms with E-state index < -0.39 is 0 Å². The lowest BCUT2D eigenvalue weighted by atomic mass is 9.99. The first kappa shape index (κ1) is 23.3. The molecule has 31 heavy (non-hydrogen) atoms. The molecule has 0 aliphatic carbocycles. The second-order valence-corrected chi connectivity index (χ2v) is 9.32. The lowest BCUT2D eigenvalue weighted by Crippen LogP contribution is -2.49. The van der Waals surface area contributed by atoms with Crippen molar-refractivity contribution in [2.45, 2.75) is 40.7 Å². The van der Waals surface area contributed by atoms with E-state index in [0.29, 0.717) is 18.4 Å². The van der Waals surface area contributed by atoms with Crippen molar-refractivity contribution in [3.8, 4) is 5.75 Å². The van der Waals surface area contributed by atoms with Crippen molar-refractivity contribution >= 4 is 5.91 Å².